The Hall–Kier alpha value is -0.900. The molecular formula is C12H16BrN3. The molecule has 0 aliphatic rings. The third kappa shape index (κ3) is 2.12. The van der Waals surface area contributed by atoms with Crippen LogP contribution in [-0.4, -0.2) is 15.0 Å². The van der Waals surface area contributed by atoms with Crippen LogP contribution < -0.4 is 0 Å². The fourth-order valence-corrected chi connectivity index (χ4v) is 2.09. The van der Waals surface area contributed by atoms with Crippen LogP contribution in [0.25, 0.3) is 11.0 Å². The monoisotopic (exact) mass is 281 g/mol. The number of halogens is 1. The molecule has 0 aliphatic carbocycles. The second-order valence-corrected chi connectivity index (χ2v) is 6.16. The largest absolute Gasteiger partial charge is 0.244 e. The van der Waals surface area contributed by atoms with E-state index in [1.54, 1.807) is 0 Å². The molecule has 0 saturated heterocycles. The van der Waals surface area contributed by atoms with Gasteiger partial charge in [0.15, 0.2) is 0 Å². The van der Waals surface area contributed by atoms with Crippen LogP contribution in [-0.2, 0) is 6.54 Å². The van der Waals surface area contributed by atoms with Gasteiger partial charge in [-0.25, -0.2) is 4.68 Å². The van der Waals surface area contributed by atoms with Crippen molar-refractivity contribution in [2.45, 2.75) is 34.2 Å². The fraction of sp³-hybridized carbons (Fsp3) is 0.500. The molecule has 0 bridgehead atoms. The standard InChI is InChI=1S/C12H16BrN3/c1-8-5-6-9-11(10(8)13)14-15-16(9)7-12(2,3)4/h5-6H,7H2,1-4H3. The number of rotatable bonds is 1. The van der Waals surface area contributed by atoms with E-state index in [0.717, 1.165) is 22.1 Å². The Morgan fingerprint density at radius 3 is 2.62 bits per heavy atom. The van der Waals surface area contributed by atoms with E-state index in [9.17, 15) is 0 Å². The highest BCUT2D eigenvalue weighted by atomic mass is 79.9. The Balaban J connectivity index is 2.54. The highest BCUT2D eigenvalue weighted by Crippen LogP contribution is 2.26. The van der Waals surface area contributed by atoms with Gasteiger partial charge in [0.2, 0.25) is 0 Å². The van der Waals surface area contributed by atoms with Crippen molar-refractivity contribution >= 4 is 27.0 Å². The van der Waals surface area contributed by atoms with Crippen molar-refractivity contribution in [2.24, 2.45) is 5.41 Å². The molecule has 0 fully saturated rings. The van der Waals surface area contributed by atoms with Gasteiger partial charge in [0.05, 0.1) is 9.99 Å². The molecule has 0 unspecified atom stereocenters. The fourth-order valence-electron chi connectivity index (χ4n) is 1.67. The zero-order valence-electron chi connectivity index (χ0n) is 10.1. The van der Waals surface area contributed by atoms with Gasteiger partial charge >= 0.3 is 0 Å². The molecule has 2 rings (SSSR count). The zero-order valence-corrected chi connectivity index (χ0v) is 11.7. The number of hydrogen-bond donors (Lipinski definition) is 0. The molecule has 0 saturated carbocycles. The highest BCUT2D eigenvalue weighted by molar-refractivity contribution is 9.10. The van der Waals surface area contributed by atoms with Gasteiger partial charge in [-0.15, -0.1) is 5.10 Å². The molecule has 0 N–H and O–H groups in total. The Kier molecular flexibility index (Phi) is 2.78. The number of aromatic nitrogens is 3. The van der Waals surface area contributed by atoms with E-state index in [1.165, 1.54) is 5.56 Å². The van der Waals surface area contributed by atoms with Crippen LogP contribution in [0, 0.1) is 12.3 Å². The molecule has 86 valence electrons. The molecule has 0 spiro atoms. The van der Waals surface area contributed by atoms with Gasteiger partial charge < -0.3 is 0 Å². The summed E-state index contributed by atoms with van der Waals surface area (Å²) in [6, 6.07) is 4.18. The van der Waals surface area contributed by atoms with Gasteiger partial charge in [-0.3, -0.25) is 0 Å². The minimum atomic E-state index is 0.206. The van der Waals surface area contributed by atoms with Gasteiger partial charge in [-0.05, 0) is 39.9 Å². The molecule has 2 aromatic rings. The number of hydrogen-bond acceptors (Lipinski definition) is 2. The maximum absolute atomic E-state index is 4.23. The predicted molar refractivity (Wildman–Crippen MR) is 69.4 cm³/mol. The minimum absolute atomic E-state index is 0.206. The summed E-state index contributed by atoms with van der Waals surface area (Å²) in [5, 5.41) is 8.45. The first kappa shape index (κ1) is 11.6. The quantitative estimate of drug-likeness (QED) is 0.800. The van der Waals surface area contributed by atoms with E-state index in [2.05, 4.69) is 66.1 Å². The van der Waals surface area contributed by atoms with Crippen LogP contribution in [0.15, 0.2) is 16.6 Å². The second-order valence-electron chi connectivity index (χ2n) is 5.37. The van der Waals surface area contributed by atoms with Gasteiger partial charge in [0, 0.05) is 6.54 Å². The van der Waals surface area contributed by atoms with E-state index < -0.39 is 0 Å². The number of aryl methyl sites for hydroxylation is 1. The summed E-state index contributed by atoms with van der Waals surface area (Å²) in [7, 11) is 0. The van der Waals surface area contributed by atoms with E-state index >= 15 is 0 Å². The van der Waals surface area contributed by atoms with Crippen molar-refractivity contribution in [1.82, 2.24) is 15.0 Å². The van der Waals surface area contributed by atoms with E-state index in [0.29, 0.717) is 0 Å². The molecule has 1 aromatic heterocycles. The summed E-state index contributed by atoms with van der Waals surface area (Å²) in [5.74, 6) is 0. The Bertz CT molecular complexity index is 523. The van der Waals surface area contributed by atoms with Crippen molar-refractivity contribution in [3.8, 4) is 0 Å². The maximum Gasteiger partial charge on any atom is 0.127 e. The summed E-state index contributed by atoms with van der Waals surface area (Å²) in [5.41, 5.74) is 3.44. The Morgan fingerprint density at radius 1 is 1.31 bits per heavy atom. The molecule has 3 nitrogen and oxygen atoms in total. The van der Waals surface area contributed by atoms with Crippen molar-refractivity contribution in [1.29, 1.82) is 0 Å². The molecular weight excluding hydrogens is 266 g/mol. The second kappa shape index (κ2) is 3.84. The van der Waals surface area contributed by atoms with E-state index in [4.69, 9.17) is 0 Å². The average molecular weight is 282 g/mol. The molecule has 4 heteroatoms. The van der Waals surface area contributed by atoms with Gasteiger partial charge in [-0.1, -0.05) is 32.1 Å². The van der Waals surface area contributed by atoms with Gasteiger partial charge in [0.1, 0.15) is 5.52 Å². The zero-order chi connectivity index (χ0) is 11.9. The van der Waals surface area contributed by atoms with Crippen LogP contribution >= 0.6 is 15.9 Å². The molecule has 0 aliphatic heterocycles. The molecule has 0 radical (unpaired) electrons. The minimum Gasteiger partial charge on any atom is -0.244 e. The van der Waals surface area contributed by atoms with Crippen molar-refractivity contribution in [2.75, 3.05) is 0 Å². The van der Waals surface area contributed by atoms with Crippen LogP contribution in [0.4, 0.5) is 0 Å². The maximum atomic E-state index is 4.23. The Morgan fingerprint density at radius 2 is 2.00 bits per heavy atom. The van der Waals surface area contributed by atoms with Crippen LogP contribution in [0.2, 0.25) is 0 Å². The van der Waals surface area contributed by atoms with Crippen LogP contribution in [0.3, 0.4) is 0 Å². The number of fused-ring (bicyclic) bond motifs is 1. The predicted octanol–water partition coefficient (Wildman–Crippen LogP) is 3.55. The summed E-state index contributed by atoms with van der Waals surface area (Å²) in [6.07, 6.45) is 0. The summed E-state index contributed by atoms with van der Waals surface area (Å²) in [4.78, 5) is 0. The van der Waals surface area contributed by atoms with Crippen molar-refractivity contribution in [3.63, 3.8) is 0 Å². The first-order valence-corrected chi connectivity index (χ1v) is 6.16. The lowest BCUT2D eigenvalue weighted by atomic mass is 9.97. The first-order valence-electron chi connectivity index (χ1n) is 5.37. The average Bonchev–Trinajstić information content (AvgIpc) is 2.53. The topological polar surface area (TPSA) is 30.7 Å². The number of benzene rings is 1. The van der Waals surface area contributed by atoms with Crippen LogP contribution in [0.5, 0.6) is 0 Å². The van der Waals surface area contributed by atoms with Gasteiger partial charge in [-0.2, -0.15) is 0 Å². The first-order chi connectivity index (χ1) is 7.38. The van der Waals surface area contributed by atoms with Crippen molar-refractivity contribution < 1.29 is 0 Å². The molecule has 0 atom stereocenters. The molecule has 16 heavy (non-hydrogen) atoms. The SMILES string of the molecule is Cc1ccc2c(nnn2CC(C)(C)C)c1Br. The van der Waals surface area contributed by atoms with E-state index in [1.807, 2.05) is 4.68 Å². The highest BCUT2D eigenvalue weighted by Gasteiger charge is 2.15. The molecule has 1 aromatic carbocycles. The summed E-state index contributed by atoms with van der Waals surface area (Å²) < 4.78 is 3.02. The van der Waals surface area contributed by atoms with Crippen LogP contribution in [0.1, 0.15) is 26.3 Å². The lowest BCUT2D eigenvalue weighted by Crippen LogP contribution is -2.16. The lowest BCUT2D eigenvalue weighted by Gasteiger charge is -2.17. The summed E-state index contributed by atoms with van der Waals surface area (Å²) in [6.45, 7) is 9.53. The third-order valence-corrected chi connectivity index (χ3v) is 3.44. The smallest absolute Gasteiger partial charge is 0.127 e. The normalized spacial score (nSPS) is 12.3. The molecule has 1 heterocycles. The Labute approximate surface area is 104 Å². The van der Waals surface area contributed by atoms with Gasteiger partial charge in [0.25, 0.3) is 0 Å². The summed E-state index contributed by atoms with van der Waals surface area (Å²) >= 11 is 3.56. The number of nitrogens with zero attached hydrogens (tertiary/aromatic N) is 3. The lowest BCUT2D eigenvalue weighted by molar-refractivity contribution is 0.327. The molecule has 0 amide bonds. The third-order valence-electron chi connectivity index (χ3n) is 2.44. The van der Waals surface area contributed by atoms with Crippen molar-refractivity contribution in [3.05, 3.63) is 22.2 Å². The van der Waals surface area contributed by atoms with E-state index in [-0.39, 0.29) is 5.41 Å².